The van der Waals surface area contributed by atoms with Gasteiger partial charge in [-0.1, -0.05) is 15.9 Å². The largest absolute Gasteiger partial charge is 0.373 e. The highest BCUT2D eigenvalue weighted by molar-refractivity contribution is 9.10. The Hall–Kier alpha value is -1.90. The first kappa shape index (κ1) is 19.9. The molecule has 2 aromatic rings. The third-order valence-electron chi connectivity index (χ3n) is 3.84. The Balaban J connectivity index is 1.73. The predicted molar refractivity (Wildman–Crippen MR) is 106 cm³/mol. The van der Waals surface area contributed by atoms with Gasteiger partial charge in [0.2, 0.25) is 0 Å². The van der Waals surface area contributed by atoms with Gasteiger partial charge < -0.3 is 15.4 Å². The number of nitrogens with zero attached hydrogens (tertiary/aromatic N) is 1. The number of rotatable bonds is 6. The van der Waals surface area contributed by atoms with Gasteiger partial charge in [0.1, 0.15) is 18.2 Å². The zero-order valence-electron chi connectivity index (χ0n) is 15.4. The van der Waals surface area contributed by atoms with Crippen molar-refractivity contribution in [1.29, 1.82) is 0 Å². The van der Waals surface area contributed by atoms with Crippen LogP contribution in [0.2, 0.25) is 0 Å². The molecule has 0 unspecified atom stereocenters. The second-order valence-electron chi connectivity index (χ2n) is 7.08. The zero-order valence-corrected chi connectivity index (χ0v) is 17.0. The van der Waals surface area contributed by atoms with Gasteiger partial charge in [-0.05, 0) is 51.1 Å². The number of benzene rings is 2. The van der Waals surface area contributed by atoms with Gasteiger partial charge >= 0.3 is 0 Å². The molecule has 2 N–H and O–H groups in total. The Morgan fingerprint density at radius 1 is 1.15 bits per heavy atom. The van der Waals surface area contributed by atoms with Crippen LogP contribution in [0.15, 0.2) is 34.8 Å². The highest BCUT2D eigenvalue weighted by Gasteiger charge is 2.26. The average molecular weight is 442 g/mol. The second-order valence-corrected chi connectivity index (χ2v) is 8.00. The summed E-state index contributed by atoms with van der Waals surface area (Å²) in [5.74, 6) is -0.994. The van der Waals surface area contributed by atoms with Crippen LogP contribution < -0.4 is 15.7 Å². The molecule has 1 aliphatic rings. The van der Waals surface area contributed by atoms with Crippen LogP contribution in [-0.2, 0) is 9.57 Å². The minimum absolute atomic E-state index is 0.165. The van der Waals surface area contributed by atoms with E-state index in [0.29, 0.717) is 23.4 Å². The summed E-state index contributed by atoms with van der Waals surface area (Å²) in [6, 6.07) is 7.84. The minimum Gasteiger partial charge on any atom is -0.373 e. The average Bonchev–Trinajstić information content (AvgIpc) is 2.99. The number of hydrogen-bond acceptors (Lipinski definition) is 5. The zero-order chi connectivity index (χ0) is 19.6. The Bertz CT molecular complexity index is 827. The third kappa shape index (κ3) is 4.88. The van der Waals surface area contributed by atoms with Gasteiger partial charge in [-0.3, -0.25) is 4.84 Å². The lowest BCUT2D eigenvalue weighted by molar-refractivity contribution is -0.0382. The van der Waals surface area contributed by atoms with E-state index in [-0.39, 0.29) is 29.3 Å². The predicted octanol–water partition coefficient (Wildman–Crippen LogP) is 5.41. The van der Waals surface area contributed by atoms with Crippen molar-refractivity contribution in [2.75, 3.05) is 35.6 Å². The summed E-state index contributed by atoms with van der Waals surface area (Å²) in [5.41, 5.74) is 0.994. The summed E-state index contributed by atoms with van der Waals surface area (Å²) < 4.78 is 35.3. The molecule has 0 saturated heterocycles. The summed E-state index contributed by atoms with van der Waals surface area (Å²) in [5, 5.41) is 7.31. The maximum Gasteiger partial charge on any atom is 0.174 e. The van der Waals surface area contributed by atoms with Crippen molar-refractivity contribution in [3.8, 4) is 0 Å². The first-order chi connectivity index (χ1) is 12.7. The molecule has 0 bridgehead atoms. The molecule has 5 nitrogen and oxygen atoms in total. The molecule has 0 amide bonds. The second kappa shape index (κ2) is 8.00. The highest BCUT2D eigenvalue weighted by Crippen LogP contribution is 2.39. The summed E-state index contributed by atoms with van der Waals surface area (Å²) >= 11 is 3.20. The molecule has 3 rings (SSSR count). The molecular formula is C19H22BrF2N3O2. The molecule has 0 atom stereocenters. The molecule has 0 radical (unpaired) electrons. The molecule has 0 fully saturated rings. The lowest BCUT2D eigenvalue weighted by Crippen LogP contribution is -2.28. The van der Waals surface area contributed by atoms with Crippen LogP contribution in [0.25, 0.3) is 0 Å². The topological polar surface area (TPSA) is 45.8 Å². The van der Waals surface area contributed by atoms with Crippen LogP contribution in [0.5, 0.6) is 0 Å². The fourth-order valence-electron chi connectivity index (χ4n) is 2.63. The first-order valence-corrected chi connectivity index (χ1v) is 9.37. The molecule has 0 aromatic heterocycles. The van der Waals surface area contributed by atoms with Crippen molar-refractivity contribution >= 4 is 38.7 Å². The van der Waals surface area contributed by atoms with E-state index in [1.165, 1.54) is 11.1 Å². The molecule has 8 heteroatoms. The van der Waals surface area contributed by atoms with E-state index in [4.69, 9.17) is 9.57 Å². The van der Waals surface area contributed by atoms with Crippen LogP contribution in [0, 0.1) is 11.6 Å². The maximum atomic E-state index is 15.0. The number of nitrogens with one attached hydrogen (secondary N) is 2. The number of anilines is 4. The fraction of sp³-hybridized carbons (Fsp3) is 0.368. The SMILES string of the molecule is CC(C)(C)OCCON1CNc2ccc(Nc3ccc(Br)cc3F)c(F)c21. The third-order valence-corrected chi connectivity index (χ3v) is 4.34. The van der Waals surface area contributed by atoms with Gasteiger partial charge in [0.15, 0.2) is 5.82 Å². The van der Waals surface area contributed by atoms with Crippen molar-refractivity contribution in [2.24, 2.45) is 0 Å². The molecule has 0 spiro atoms. The number of hydrogen-bond donors (Lipinski definition) is 2. The van der Waals surface area contributed by atoms with Crippen molar-refractivity contribution in [2.45, 2.75) is 26.4 Å². The number of ether oxygens (including phenoxy) is 1. The lowest BCUT2D eigenvalue weighted by atomic mass is 10.2. The van der Waals surface area contributed by atoms with E-state index in [9.17, 15) is 4.39 Å². The number of fused-ring (bicyclic) bond motifs is 1. The van der Waals surface area contributed by atoms with Crippen molar-refractivity contribution in [3.63, 3.8) is 0 Å². The van der Waals surface area contributed by atoms with Crippen LogP contribution in [0.4, 0.5) is 31.5 Å². The van der Waals surface area contributed by atoms with E-state index in [2.05, 4.69) is 26.6 Å². The Morgan fingerprint density at radius 2 is 1.89 bits per heavy atom. The molecular weight excluding hydrogens is 420 g/mol. The summed E-state index contributed by atoms with van der Waals surface area (Å²) in [6.45, 7) is 6.86. The van der Waals surface area contributed by atoms with E-state index in [0.717, 1.165) is 0 Å². The van der Waals surface area contributed by atoms with Crippen LogP contribution >= 0.6 is 15.9 Å². The van der Waals surface area contributed by atoms with E-state index >= 15 is 4.39 Å². The van der Waals surface area contributed by atoms with Gasteiger partial charge in [-0.2, -0.15) is 0 Å². The van der Waals surface area contributed by atoms with Gasteiger partial charge in [-0.15, -0.1) is 0 Å². The Morgan fingerprint density at radius 3 is 2.59 bits per heavy atom. The lowest BCUT2D eigenvalue weighted by Gasteiger charge is -2.22. The molecule has 0 aliphatic carbocycles. The Kier molecular flexibility index (Phi) is 5.88. The van der Waals surface area contributed by atoms with Crippen molar-refractivity contribution < 1.29 is 18.4 Å². The van der Waals surface area contributed by atoms with Crippen LogP contribution in [-0.4, -0.2) is 25.5 Å². The van der Waals surface area contributed by atoms with Crippen molar-refractivity contribution in [3.05, 3.63) is 46.4 Å². The van der Waals surface area contributed by atoms with Gasteiger partial charge in [0.25, 0.3) is 0 Å². The molecule has 1 aliphatic heterocycles. The van der Waals surface area contributed by atoms with Crippen LogP contribution in [0.1, 0.15) is 20.8 Å². The molecule has 2 aromatic carbocycles. The quantitative estimate of drug-likeness (QED) is 0.587. The smallest absolute Gasteiger partial charge is 0.174 e. The van der Waals surface area contributed by atoms with E-state index < -0.39 is 11.6 Å². The minimum atomic E-state index is -0.517. The van der Waals surface area contributed by atoms with E-state index in [1.807, 2.05) is 20.8 Å². The molecule has 0 saturated carbocycles. The monoisotopic (exact) mass is 441 g/mol. The molecule has 27 heavy (non-hydrogen) atoms. The normalized spacial score (nSPS) is 13.5. The number of hydroxylamine groups is 1. The highest BCUT2D eigenvalue weighted by atomic mass is 79.9. The summed E-state index contributed by atoms with van der Waals surface area (Å²) in [6.07, 6.45) is 0. The van der Waals surface area contributed by atoms with Gasteiger partial charge in [0.05, 0.1) is 35.9 Å². The molecule has 1 heterocycles. The standard InChI is InChI=1S/C19H22BrF2N3O2/c1-19(2,3)26-8-9-27-25-11-23-16-7-6-15(17(22)18(16)25)24-14-5-4-12(20)10-13(14)21/h4-7,10,23-24H,8-9,11H2,1-3H3. The fourth-order valence-corrected chi connectivity index (χ4v) is 2.96. The number of halogens is 3. The van der Waals surface area contributed by atoms with Crippen molar-refractivity contribution in [1.82, 2.24) is 0 Å². The van der Waals surface area contributed by atoms with E-state index in [1.54, 1.807) is 24.3 Å². The maximum absolute atomic E-state index is 15.0. The van der Waals surface area contributed by atoms with Gasteiger partial charge in [0, 0.05) is 4.47 Å². The summed E-state index contributed by atoms with van der Waals surface area (Å²) in [4.78, 5) is 5.65. The molecule has 146 valence electrons. The summed E-state index contributed by atoms with van der Waals surface area (Å²) in [7, 11) is 0. The van der Waals surface area contributed by atoms with Crippen LogP contribution in [0.3, 0.4) is 0 Å². The Labute approximate surface area is 165 Å². The first-order valence-electron chi connectivity index (χ1n) is 8.57. The van der Waals surface area contributed by atoms with Gasteiger partial charge in [-0.25, -0.2) is 13.8 Å².